The normalized spacial score (nSPS) is 22.8. The van der Waals surface area contributed by atoms with Gasteiger partial charge in [0.1, 0.15) is 0 Å². The minimum Gasteiger partial charge on any atom is -0.381 e. The highest BCUT2D eigenvalue weighted by atomic mass is 35.5. The maximum Gasteiger partial charge on any atom is 0.229 e. The summed E-state index contributed by atoms with van der Waals surface area (Å²) in [5.41, 5.74) is 1.59. The lowest BCUT2D eigenvalue weighted by molar-refractivity contribution is -0.122. The Morgan fingerprint density at radius 2 is 2.17 bits per heavy atom. The zero-order valence-electron chi connectivity index (χ0n) is 14.2. The van der Waals surface area contributed by atoms with Crippen molar-refractivity contribution in [3.63, 3.8) is 0 Å². The van der Waals surface area contributed by atoms with Gasteiger partial charge in [0.15, 0.2) is 0 Å². The monoisotopic (exact) mass is 355 g/mol. The third kappa shape index (κ3) is 4.71. The van der Waals surface area contributed by atoms with Crippen LogP contribution in [0.3, 0.4) is 0 Å². The van der Waals surface area contributed by atoms with Crippen LogP contribution in [0.1, 0.15) is 36.9 Å². The van der Waals surface area contributed by atoms with Crippen LogP contribution in [0.4, 0.5) is 0 Å². The summed E-state index contributed by atoms with van der Waals surface area (Å²) in [6, 6.07) is 0.285. The van der Waals surface area contributed by atoms with E-state index in [0.717, 1.165) is 56.9 Å². The van der Waals surface area contributed by atoms with Crippen LogP contribution >= 0.6 is 11.6 Å². The van der Waals surface area contributed by atoms with Gasteiger partial charge in [0.25, 0.3) is 0 Å². The molecule has 1 aromatic heterocycles. The third-order valence-corrected chi connectivity index (χ3v) is 5.33. The predicted molar refractivity (Wildman–Crippen MR) is 91.1 cm³/mol. The average molecular weight is 356 g/mol. The summed E-state index contributed by atoms with van der Waals surface area (Å²) >= 11 is 5.93. The molecule has 0 aliphatic carbocycles. The Morgan fingerprint density at radius 1 is 1.38 bits per heavy atom. The van der Waals surface area contributed by atoms with E-state index in [1.54, 1.807) is 0 Å². The van der Waals surface area contributed by atoms with E-state index in [0.29, 0.717) is 24.0 Å². The third-order valence-electron chi connectivity index (χ3n) is 5.03. The summed E-state index contributed by atoms with van der Waals surface area (Å²) in [7, 11) is 0. The summed E-state index contributed by atoms with van der Waals surface area (Å²) in [5, 5.41) is 7.25. The molecule has 1 N–H and O–H groups in total. The Kier molecular flexibility index (Phi) is 6.14. The lowest BCUT2D eigenvalue weighted by Crippen LogP contribution is -2.45. The molecule has 0 bridgehead atoms. The van der Waals surface area contributed by atoms with Crippen molar-refractivity contribution in [1.82, 2.24) is 15.4 Å². The standard InChI is InChI=1S/C17H26ClN3O3/c1-12-15(17(18)24-20-12)2-3-16(22)19-14-4-7-21(8-5-14)10-13-6-9-23-11-13/h13-14H,2-11H2,1H3,(H,19,22). The number of hydrogen-bond acceptors (Lipinski definition) is 5. The molecule has 1 atom stereocenters. The van der Waals surface area contributed by atoms with E-state index in [9.17, 15) is 4.79 Å². The molecule has 1 aromatic rings. The van der Waals surface area contributed by atoms with Gasteiger partial charge in [-0.1, -0.05) is 5.16 Å². The molecule has 2 fully saturated rings. The van der Waals surface area contributed by atoms with Crippen molar-refractivity contribution < 1.29 is 14.1 Å². The first kappa shape index (κ1) is 17.7. The van der Waals surface area contributed by atoms with Crippen molar-refractivity contribution >= 4 is 17.5 Å². The van der Waals surface area contributed by atoms with Crippen LogP contribution < -0.4 is 5.32 Å². The topological polar surface area (TPSA) is 67.6 Å². The second-order valence-electron chi connectivity index (χ2n) is 6.89. The summed E-state index contributed by atoms with van der Waals surface area (Å²) in [5.74, 6) is 0.766. The first-order valence-electron chi connectivity index (χ1n) is 8.82. The van der Waals surface area contributed by atoms with Gasteiger partial charge in [-0.15, -0.1) is 0 Å². The Morgan fingerprint density at radius 3 is 2.79 bits per heavy atom. The number of ether oxygens (including phenoxy) is 1. The second-order valence-corrected chi connectivity index (χ2v) is 7.24. The summed E-state index contributed by atoms with van der Waals surface area (Å²) in [6.07, 6.45) is 4.21. The molecule has 3 rings (SSSR count). The maximum absolute atomic E-state index is 12.2. The minimum atomic E-state index is 0.0781. The Labute approximate surface area is 147 Å². The first-order valence-corrected chi connectivity index (χ1v) is 9.19. The number of hydrogen-bond donors (Lipinski definition) is 1. The zero-order chi connectivity index (χ0) is 16.9. The van der Waals surface area contributed by atoms with Crippen LogP contribution in [0.15, 0.2) is 4.52 Å². The van der Waals surface area contributed by atoms with Gasteiger partial charge in [0, 0.05) is 44.3 Å². The number of likely N-dealkylation sites (tertiary alicyclic amines) is 1. The number of amides is 1. The SMILES string of the molecule is Cc1noc(Cl)c1CCC(=O)NC1CCN(CC2CCOC2)CC1. The number of nitrogens with zero attached hydrogens (tertiary/aromatic N) is 2. The van der Waals surface area contributed by atoms with Crippen molar-refractivity contribution in [3.05, 3.63) is 16.5 Å². The molecular formula is C17H26ClN3O3. The second kappa shape index (κ2) is 8.32. The van der Waals surface area contributed by atoms with Crippen LogP contribution in [-0.2, 0) is 16.0 Å². The fourth-order valence-corrected chi connectivity index (χ4v) is 3.80. The number of nitrogens with one attached hydrogen (secondary N) is 1. The summed E-state index contributed by atoms with van der Waals surface area (Å²) < 4.78 is 10.4. The van der Waals surface area contributed by atoms with Gasteiger partial charge < -0.3 is 19.5 Å². The molecule has 1 amide bonds. The van der Waals surface area contributed by atoms with Crippen molar-refractivity contribution in [1.29, 1.82) is 0 Å². The molecule has 0 radical (unpaired) electrons. The van der Waals surface area contributed by atoms with Gasteiger partial charge >= 0.3 is 0 Å². The van der Waals surface area contributed by atoms with E-state index in [4.69, 9.17) is 20.9 Å². The first-order chi connectivity index (χ1) is 11.6. The molecule has 2 saturated heterocycles. The highest BCUT2D eigenvalue weighted by Crippen LogP contribution is 2.21. The molecule has 7 heteroatoms. The minimum absolute atomic E-state index is 0.0781. The van der Waals surface area contributed by atoms with Crippen molar-refractivity contribution in [2.24, 2.45) is 5.92 Å². The number of carbonyl (C=O) groups excluding carboxylic acids is 1. The van der Waals surface area contributed by atoms with Crippen LogP contribution in [0, 0.1) is 12.8 Å². The molecule has 2 aliphatic rings. The molecule has 1 unspecified atom stereocenters. The molecular weight excluding hydrogens is 330 g/mol. The van der Waals surface area contributed by atoms with Crippen molar-refractivity contribution in [2.75, 3.05) is 32.8 Å². The van der Waals surface area contributed by atoms with E-state index in [-0.39, 0.29) is 11.9 Å². The van der Waals surface area contributed by atoms with Crippen LogP contribution in [-0.4, -0.2) is 54.9 Å². The van der Waals surface area contributed by atoms with Crippen molar-refractivity contribution in [2.45, 2.75) is 45.1 Å². The number of aromatic nitrogens is 1. The number of halogens is 1. The van der Waals surface area contributed by atoms with E-state index < -0.39 is 0 Å². The molecule has 134 valence electrons. The predicted octanol–water partition coefficient (Wildman–Crippen LogP) is 2.19. The van der Waals surface area contributed by atoms with Crippen molar-refractivity contribution in [3.8, 4) is 0 Å². The fraction of sp³-hybridized carbons (Fsp3) is 0.765. The number of aryl methyl sites for hydroxylation is 1. The Bertz CT molecular complexity index is 530. The van der Waals surface area contributed by atoms with E-state index in [1.165, 1.54) is 6.42 Å². The number of rotatable bonds is 6. The Hall–Kier alpha value is -1.11. The average Bonchev–Trinajstić information content (AvgIpc) is 3.18. The van der Waals surface area contributed by atoms with Crippen LogP contribution in [0.2, 0.25) is 5.22 Å². The van der Waals surface area contributed by atoms with E-state index in [2.05, 4.69) is 15.4 Å². The molecule has 0 aromatic carbocycles. The maximum atomic E-state index is 12.2. The van der Waals surface area contributed by atoms with Gasteiger partial charge in [-0.3, -0.25) is 4.79 Å². The smallest absolute Gasteiger partial charge is 0.229 e. The molecule has 6 nitrogen and oxygen atoms in total. The number of carbonyl (C=O) groups is 1. The number of piperidine rings is 1. The van der Waals surface area contributed by atoms with Gasteiger partial charge in [-0.25, -0.2) is 0 Å². The molecule has 0 saturated carbocycles. The molecule has 2 aliphatic heterocycles. The van der Waals surface area contributed by atoms with Crippen LogP contribution in [0.25, 0.3) is 0 Å². The lowest BCUT2D eigenvalue weighted by atomic mass is 10.0. The zero-order valence-corrected chi connectivity index (χ0v) is 15.0. The van der Waals surface area contributed by atoms with Gasteiger partial charge in [-0.2, -0.15) is 0 Å². The highest BCUT2D eigenvalue weighted by molar-refractivity contribution is 6.29. The van der Waals surface area contributed by atoms with E-state index >= 15 is 0 Å². The fourth-order valence-electron chi connectivity index (χ4n) is 3.53. The summed E-state index contributed by atoms with van der Waals surface area (Å²) in [6.45, 7) is 6.89. The lowest BCUT2D eigenvalue weighted by Gasteiger charge is -2.33. The van der Waals surface area contributed by atoms with Gasteiger partial charge in [0.2, 0.25) is 11.1 Å². The van der Waals surface area contributed by atoms with Gasteiger partial charge in [0.05, 0.1) is 12.3 Å². The molecule has 0 spiro atoms. The molecule has 24 heavy (non-hydrogen) atoms. The quantitative estimate of drug-likeness (QED) is 0.847. The van der Waals surface area contributed by atoms with Crippen LogP contribution in [0.5, 0.6) is 0 Å². The highest BCUT2D eigenvalue weighted by Gasteiger charge is 2.24. The van der Waals surface area contributed by atoms with Gasteiger partial charge in [-0.05, 0) is 50.1 Å². The van der Waals surface area contributed by atoms with E-state index in [1.807, 2.05) is 6.92 Å². The largest absolute Gasteiger partial charge is 0.381 e. The Balaban J connectivity index is 1.35. The molecule has 3 heterocycles. The summed E-state index contributed by atoms with van der Waals surface area (Å²) in [4.78, 5) is 14.7.